The number of aldehydes is 1. The molecule has 2 nitrogen and oxygen atoms in total. The van der Waals surface area contributed by atoms with Crippen molar-refractivity contribution in [2.45, 2.75) is 18.9 Å². The molecule has 0 aromatic heterocycles. The van der Waals surface area contributed by atoms with Crippen LogP contribution in [-0.4, -0.2) is 6.29 Å². The number of hydrogen-bond acceptors (Lipinski definition) is 2. The second kappa shape index (κ2) is 5.58. The lowest BCUT2D eigenvalue weighted by Gasteiger charge is -2.16. The zero-order valence-electron chi connectivity index (χ0n) is 10.5. The van der Waals surface area contributed by atoms with Gasteiger partial charge in [0.05, 0.1) is 5.02 Å². The summed E-state index contributed by atoms with van der Waals surface area (Å²) in [7, 11) is 0. The Kier molecular flexibility index (Phi) is 3.81. The van der Waals surface area contributed by atoms with E-state index >= 15 is 0 Å². The molecule has 20 heavy (non-hydrogen) atoms. The predicted octanol–water partition coefficient (Wildman–Crippen LogP) is 4.78. The number of carbonyl (C=O) groups excluding carboxylic acids is 1. The van der Waals surface area contributed by atoms with Crippen molar-refractivity contribution in [3.8, 4) is 5.75 Å². The van der Waals surface area contributed by atoms with Crippen molar-refractivity contribution in [1.29, 1.82) is 0 Å². The molecule has 0 fully saturated rings. The van der Waals surface area contributed by atoms with Crippen molar-refractivity contribution >= 4 is 33.8 Å². The summed E-state index contributed by atoms with van der Waals surface area (Å²) >= 11 is 9.70. The van der Waals surface area contributed by atoms with Crippen molar-refractivity contribution < 1.29 is 9.53 Å². The first kappa shape index (κ1) is 13.7. The van der Waals surface area contributed by atoms with Gasteiger partial charge in [0.25, 0.3) is 0 Å². The zero-order valence-corrected chi connectivity index (χ0v) is 12.9. The first-order valence-electron chi connectivity index (χ1n) is 6.29. The molecule has 2 aromatic carbocycles. The highest BCUT2D eigenvalue weighted by atomic mass is 79.9. The van der Waals surface area contributed by atoms with Gasteiger partial charge in [0.2, 0.25) is 0 Å². The van der Waals surface area contributed by atoms with E-state index in [-0.39, 0.29) is 6.10 Å². The van der Waals surface area contributed by atoms with Crippen LogP contribution in [0.4, 0.5) is 0 Å². The standard InChI is InChI=1S/C16H11BrClO2/c17-13-3-1-2-12-11(13)5-7-15(12)20-16-6-4-10(9-19)8-14(16)18/h1-3,6,8-9,15H,5,7H2/t15-/m0/s1. The molecule has 0 heterocycles. The second-order valence-corrected chi connectivity index (χ2v) is 5.93. The highest BCUT2D eigenvalue weighted by Gasteiger charge is 2.26. The molecule has 3 rings (SSSR count). The maximum Gasteiger partial charge on any atom is 0.150 e. The molecule has 4 heteroatoms. The Bertz CT molecular complexity index is 670. The van der Waals surface area contributed by atoms with E-state index in [4.69, 9.17) is 16.3 Å². The van der Waals surface area contributed by atoms with Gasteiger partial charge in [-0.25, -0.2) is 0 Å². The van der Waals surface area contributed by atoms with Crippen molar-refractivity contribution in [3.05, 3.63) is 62.6 Å². The van der Waals surface area contributed by atoms with Crippen molar-refractivity contribution in [2.24, 2.45) is 0 Å². The van der Waals surface area contributed by atoms with Crippen LogP contribution in [0.2, 0.25) is 5.02 Å². The Hall–Kier alpha value is -1.32. The monoisotopic (exact) mass is 349 g/mol. The highest BCUT2D eigenvalue weighted by molar-refractivity contribution is 9.10. The number of benzene rings is 2. The molecule has 0 bridgehead atoms. The van der Waals surface area contributed by atoms with Gasteiger partial charge >= 0.3 is 0 Å². The molecule has 0 spiro atoms. The molecule has 0 saturated carbocycles. The van der Waals surface area contributed by atoms with Crippen molar-refractivity contribution in [1.82, 2.24) is 0 Å². The molecule has 0 N–H and O–H groups in total. The van der Waals surface area contributed by atoms with Gasteiger partial charge in [0, 0.05) is 10.0 Å². The molecule has 2 aromatic rings. The summed E-state index contributed by atoms with van der Waals surface area (Å²) in [5, 5.41) is 0.439. The van der Waals surface area contributed by atoms with Gasteiger partial charge in [-0.3, -0.25) is 4.79 Å². The number of ether oxygens (including phenoxy) is 1. The lowest BCUT2D eigenvalue weighted by Crippen LogP contribution is -2.04. The van der Waals surface area contributed by atoms with Crippen LogP contribution in [0, 0.1) is 6.07 Å². The Labute approximate surface area is 130 Å². The Morgan fingerprint density at radius 2 is 2.30 bits per heavy atom. The summed E-state index contributed by atoms with van der Waals surface area (Å²) in [5.41, 5.74) is 2.91. The summed E-state index contributed by atoms with van der Waals surface area (Å²) in [6, 6.07) is 12.2. The van der Waals surface area contributed by atoms with E-state index in [1.165, 1.54) is 11.1 Å². The van der Waals surface area contributed by atoms with E-state index < -0.39 is 0 Å². The average molecular weight is 351 g/mol. The van der Waals surface area contributed by atoms with Crippen molar-refractivity contribution in [2.75, 3.05) is 0 Å². The van der Waals surface area contributed by atoms with Gasteiger partial charge < -0.3 is 4.74 Å². The summed E-state index contributed by atoms with van der Waals surface area (Å²) < 4.78 is 7.11. The highest BCUT2D eigenvalue weighted by Crippen LogP contribution is 2.39. The Morgan fingerprint density at radius 3 is 3.05 bits per heavy atom. The Morgan fingerprint density at radius 1 is 1.45 bits per heavy atom. The third-order valence-electron chi connectivity index (χ3n) is 3.44. The molecule has 1 aliphatic rings. The Balaban J connectivity index is 1.87. The minimum atomic E-state index is -0.00418. The molecule has 0 unspecified atom stereocenters. The fourth-order valence-electron chi connectivity index (χ4n) is 2.47. The molecule has 1 aliphatic carbocycles. The van der Waals surface area contributed by atoms with Crippen LogP contribution < -0.4 is 4.74 Å². The normalized spacial score (nSPS) is 16.8. The maximum absolute atomic E-state index is 10.7. The lowest BCUT2D eigenvalue weighted by atomic mass is 10.1. The molecule has 1 atom stereocenters. The number of halogens is 2. The minimum Gasteiger partial charge on any atom is -0.484 e. The van der Waals surface area contributed by atoms with E-state index in [0.29, 0.717) is 16.3 Å². The largest absolute Gasteiger partial charge is 0.484 e. The molecular weight excluding hydrogens is 340 g/mol. The number of carbonyl (C=O) groups is 1. The fraction of sp³-hybridized carbons (Fsp3) is 0.188. The van der Waals surface area contributed by atoms with Gasteiger partial charge in [0.15, 0.2) is 6.29 Å². The summed E-state index contributed by atoms with van der Waals surface area (Å²) in [6.07, 6.45) is 2.62. The quantitative estimate of drug-likeness (QED) is 0.745. The number of fused-ring (bicyclic) bond motifs is 1. The van der Waals surface area contributed by atoms with Gasteiger partial charge in [0.1, 0.15) is 11.9 Å². The van der Waals surface area contributed by atoms with Crippen LogP contribution in [0.3, 0.4) is 0 Å². The summed E-state index contributed by atoms with van der Waals surface area (Å²) in [4.78, 5) is 10.7. The second-order valence-electron chi connectivity index (χ2n) is 4.67. The number of hydrogen-bond donors (Lipinski definition) is 0. The molecule has 0 aliphatic heterocycles. The van der Waals surface area contributed by atoms with Crippen molar-refractivity contribution in [3.63, 3.8) is 0 Å². The van der Waals surface area contributed by atoms with Gasteiger partial charge in [-0.2, -0.15) is 0 Å². The minimum absolute atomic E-state index is 0.00418. The third kappa shape index (κ3) is 2.48. The molecule has 101 valence electrons. The van der Waals surface area contributed by atoms with E-state index in [1.54, 1.807) is 12.1 Å². The molecule has 0 amide bonds. The third-order valence-corrected chi connectivity index (χ3v) is 4.48. The first-order valence-corrected chi connectivity index (χ1v) is 7.46. The molecule has 0 saturated heterocycles. The number of rotatable bonds is 3. The van der Waals surface area contributed by atoms with Crippen LogP contribution in [-0.2, 0) is 6.42 Å². The fourth-order valence-corrected chi connectivity index (χ4v) is 3.27. The summed E-state index contributed by atoms with van der Waals surface area (Å²) in [6.45, 7) is 0. The smallest absolute Gasteiger partial charge is 0.150 e. The van der Waals surface area contributed by atoms with Gasteiger partial charge in [-0.15, -0.1) is 0 Å². The van der Waals surface area contributed by atoms with Crippen LogP contribution in [0.1, 0.15) is 34.0 Å². The zero-order chi connectivity index (χ0) is 14.1. The van der Waals surface area contributed by atoms with E-state index in [2.05, 4.69) is 28.1 Å². The maximum atomic E-state index is 10.7. The predicted molar refractivity (Wildman–Crippen MR) is 81.5 cm³/mol. The summed E-state index contributed by atoms with van der Waals surface area (Å²) in [5.74, 6) is 0.565. The van der Waals surface area contributed by atoms with Crippen LogP contribution in [0.15, 0.2) is 34.8 Å². The van der Waals surface area contributed by atoms with Crippen LogP contribution in [0.5, 0.6) is 5.75 Å². The van der Waals surface area contributed by atoms with E-state index in [1.807, 2.05) is 12.1 Å². The van der Waals surface area contributed by atoms with Gasteiger partial charge in [-0.05, 0) is 48.2 Å². The van der Waals surface area contributed by atoms with E-state index in [9.17, 15) is 4.79 Å². The topological polar surface area (TPSA) is 26.3 Å². The lowest BCUT2D eigenvalue weighted by molar-refractivity contribution is 0.112. The first-order chi connectivity index (χ1) is 9.69. The van der Waals surface area contributed by atoms with Crippen LogP contribution in [0.25, 0.3) is 0 Å². The SMILES string of the molecule is O=Cc1[c]cc(O[C@H]2CCc3c(Br)cccc32)c(Cl)c1. The average Bonchev–Trinajstić information content (AvgIpc) is 2.86. The molecular formula is C16H11BrClO2. The van der Waals surface area contributed by atoms with E-state index in [0.717, 1.165) is 23.6 Å². The van der Waals surface area contributed by atoms with Crippen LogP contribution >= 0.6 is 27.5 Å². The van der Waals surface area contributed by atoms with Gasteiger partial charge in [-0.1, -0.05) is 39.7 Å². The molecule has 1 radical (unpaired) electrons.